The van der Waals surface area contributed by atoms with Gasteiger partial charge in [-0.3, -0.25) is 9.69 Å². The Bertz CT molecular complexity index is 1050. The number of rotatable bonds is 7. The molecule has 32 heavy (non-hydrogen) atoms. The Labute approximate surface area is 196 Å². The minimum absolute atomic E-state index is 0.0254. The average Bonchev–Trinajstić information content (AvgIpc) is 3.22. The summed E-state index contributed by atoms with van der Waals surface area (Å²) < 4.78 is 12.2. The normalized spacial score (nSPS) is 16.8. The zero-order valence-corrected chi connectivity index (χ0v) is 19.8. The van der Waals surface area contributed by atoms with Crippen LogP contribution in [0.15, 0.2) is 57.5 Å². The number of hydrogen-bond donors (Lipinski definition) is 1. The molecule has 1 unspecified atom stereocenters. The fourth-order valence-corrected chi connectivity index (χ4v) is 4.07. The third-order valence-corrected chi connectivity index (χ3v) is 5.81. The van der Waals surface area contributed by atoms with Crippen molar-refractivity contribution in [2.75, 3.05) is 18.4 Å². The van der Waals surface area contributed by atoms with Crippen molar-refractivity contribution >= 4 is 27.5 Å². The summed E-state index contributed by atoms with van der Waals surface area (Å²) in [5, 5.41) is 7.14. The highest BCUT2D eigenvalue weighted by molar-refractivity contribution is 9.10. The average molecular weight is 499 g/mol. The molecule has 1 aromatic heterocycles. The molecular weight excluding hydrogens is 472 g/mol. The molecule has 0 spiro atoms. The summed E-state index contributed by atoms with van der Waals surface area (Å²) in [6.07, 6.45) is 1.89. The van der Waals surface area contributed by atoms with Crippen LogP contribution in [-0.4, -0.2) is 40.1 Å². The van der Waals surface area contributed by atoms with Crippen molar-refractivity contribution in [3.63, 3.8) is 0 Å². The van der Waals surface area contributed by atoms with E-state index in [0.29, 0.717) is 24.8 Å². The second kappa shape index (κ2) is 10.3. The standard InChI is InChI=1S/C24H27BrN4O3/c1-16(2)31-21-7-3-6-20(13-21)26-24(30)18-5-4-12-29(14-18)15-22-27-23(28-32-22)17-8-10-19(25)11-9-17/h3,6-11,13,16,18H,4-5,12,14-15H2,1-2H3,(H,26,30). The first kappa shape index (κ1) is 22.5. The second-order valence-electron chi connectivity index (χ2n) is 8.28. The van der Waals surface area contributed by atoms with Crippen molar-refractivity contribution in [1.29, 1.82) is 0 Å². The lowest BCUT2D eigenvalue weighted by Crippen LogP contribution is -2.40. The van der Waals surface area contributed by atoms with Crippen LogP contribution in [0.25, 0.3) is 11.4 Å². The van der Waals surface area contributed by atoms with Gasteiger partial charge < -0.3 is 14.6 Å². The summed E-state index contributed by atoms with van der Waals surface area (Å²) in [6.45, 7) is 6.05. The van der Waals surface area contributed by atoms with Crippen LogP contribution < -0.4 is 10.1 Å². The molecule has 1 N–H and O–H groups in total. The number of ether oxygens (including phenoxy) is 1. The van der Waals surface area contributed by atoms with Gasteiger partial charge in [-0.1, -0.05) is 27.2 Å². The summed E-state index contributed by atoms with van der Waals surface area (Å²) in [5.74, 6) is 1.82. The predicted octanol–water partition coefficient (Wildman–Crippen LogP) is 5.14. The Balaban J connectivity index is 1.34. The lowest BCUT2D eigenvalue weighted by molar-refractivity contribution is -0.121. The van der Waals surface area contributed by atoms with Gasteiger partial charge in [-0.05, 0) is 69.6 Å². The number of benzene rings is 2. The molecule has 168 valence electrons. The maximum atomic E-state index is 12.9. The van der Waals surface area contributed by atoms with E-state index in [4.69, 9.17) is 9.26 Å². The second-order valence-corrected chi connectivity index (χ2v) is 9.19. The topological polar surface area (TPSA) is 80.5 Å². The van der Waals surface area contributed by atoms with Crippen LogP contribution in [0, 0.1) is 5.92 Å². The van der Waals surface area contributed by atoms with Crippen molar-refractivity contribution in [3.05, 3.63) is 58.9 Å². The number of nitrogens with zero attached hydrogens (tertiary/aromatic N) is 3. The number of piperidine rings is 1. The molecule has 3 aromatic rings. The predicted molar refractivity (Wildman–Crippen MR) is 126 cm³/mol. The molecule has 1 aliphatic rings. The molecule has 1 fully saturated rings. The number of hydrogen-bond acceptors (Lipinski definition) is 6. The van der Waals surface area contributed by atoms with Crippen molar-refractivity contribution < 1.29 is 14.1 Å². The number of halogens is 1. The number of nitrogens with one attached hydrogen (secondary N) is 1. The third-order valence-electron chi connectivity index (χ3n) is 5.28. The molecule has 0 radical (unpaired) electrons. The minimum atomic E-state index is -0.0905. The molecule has 1 atom stereocenters. The van der Waals surface area contributed by atoms with Gasteiger partial charge >= 0.3 is 0 Å². The highest BCUT2D eigenvalue weighted by Crippen LogP contribution is 2.24. The highest BCUT2D eigenvalue weighted by Gasteiger charge is 2.27. The van der Waals surface area contributed by atoms with Gasteiger partial charge in [0.2, 0.25) is 17.6 Å². The molecule has 2 aromatic carbocycles. The van der Waals surface area contributed by atoms with E-state index >= 15 is 0 Å². The van der Waals surface area contributed by atoms with Crippen molar-refractivity contribution in [2.45, 2.75) is 39.3 Å². The van der Waals surface area contributed by atoms with Crippen LogP contribution in [0.2, 0.25) is 0 Å². The van der Waals surface area contributed by atoms with Gasteiger partial charge in [0.05, 0.1) is 18.6 Å². The SMILES string of the molecule is CC(C)Oc1cccc(NC(=O)C2CCCN(Cc3nc(-c4ccc(Br)cc4)no3)C2)c1. The van der Waals surface area contributed by atoms with Crippen molar-refractivity contribution in [3.8, 4) is 17.1 Å². The van der Waals surface area contributed by atoms with E-state index in [-0.39, 0.29) is 17.9 Å². The molecule has 1 amide bonds. The molecule has 0 bridgehead atoms. The van der Waals surface area contributed by atoms with Crippen molar-refractivity contribution in [2.24, 2.45) is 5.92 Å². The Morgan fingerprint density at radius 1 is 1.28 bits per heavy atom. The molecule has 0 aliphatic carbocycles. The third kappa shape index (κ3) is 5.95. The first-order chi connectivity index (χ1) is 15.5. The van der Waals surface area contributed by atoms with Gasteiger partial charge in [0.1, 0.15) is 5.75 Å². The van der Waals surface area contributed by atoms with Crippen LogP contribution in [0.3, 0.4) is 0 Å². The maximum absolute atomic E-state index is 12.9. The zero-order chi connectivity index (χ0) is 22.5. The van der Waals surface area contributed by atoms with Gasteiger partial charge in [-0.25, -0.2) is 0 Å². The van der Waals surface area contributed by atoms with Crippen LogP contribution in [0.4, 0.5) is 5.69 Å². The summed E-state index contributed by atoms with van der Waals surface area (Å²) in [6, 6.07) is 15.3. The van der Waals surface area contributed by atoms with Gasteiger partial charge in [-0.2, -0.15) is 4.98 Å². The number of aromatic nitrogens is 2. The summed E-state index contributed by atoms with van der Waals surface area (Å²) in [5.41, 5.74) is 1.66. The largest absolute Gasteiger partial charge is 0.491 e. The Morgan fingerprint density at radius 2 is 2.09 bits per heavy atom. The minimum Gasteiger partial charge on any atom is -0.491 e. The molecule has 0 saturated carbocycles. The summed E-state index contributed by atoms with van der Waals surface area (Å²) in [4.78, 5) is 19.6. The fraction of sp³-hybridized carbons (Fsp3) is 0.375. The molecule has 1 aliphatic heterocycles. The maximum Gasteiger partial charge on any atom is 0.241 e. The quantitative estimate of drug-likeness (QED) is 0.485. The van der Waals surface area contributed by atoms with Gasteiger partial charge in [0.25, 0.3) is 0 Å². The Hall–Kier alpha value is -2.71. The van der Waals surface area contributed by atoms with E-state index in [1.165, 1.54) is 0 Å². The van der Waals surface area contributed by atoms with Crippen LogP contribution in [0.1, 0.15) is 32.6 Å². The van der Waals surface area contributed by atoms with E-state index in [2.05, 4.69) is 36.3 Å². The first-order valence-corrected chi connectivity index (χ1v) is 11.6. The van der Waals surface area contributed by atoms with E-state index < -0.39 is 0 Å². The summed E-state index contributed by atoms with van der Waals surface area (Å²) >= 11 is 3.43. The van der Waals surface area contributed by atoms with Gasteiger partial charge in [0, 0.05) is 28.3 Å². The van der Waals surface area contributed by atoms with E-state index in [0.717, 1.165) is 40.9 Å². The highest BCUT2D eigenvalue weighted by atomic mass is 79.9. The number of anilines is 1. The van der Waals surface area contributed by atoms with E-state index in [9.17, 15) is 4.79 Å². The molecule has 1 saturated heterocycles. The van der Waals surface area contributed by atoms with Crippen LogP contribution in [-0.2, 0) is 11.3 Å². The smallest absolute Gasteiger partial charge is 0.241 e. The Kier molecular flexibility index (Phi) is 7.22. The zero-order valence-electron chi connectivity index (χ0n) is 18.3. The summed E-state index contributed by atoms with van der Waals surface area (Å²) in [7, 11) is 0. The molecular formula is C24H27BrN4O3. The lowest BCUT2D eigenvalue weighted by Gasteiger charge is -2.30. The van der Waals surface area contributed by atoms with Gasteiger partial charge in [0.15, 0.2) is 0 Å². The van der Waals surface area contributed by atoms with Crippen molar-refractivity contribution in [1.82, 2.24) is 15.0 Å². The molecule has 8 heteroatoms. The number of amides is 1. The number of carbonyl (C=O) groups excluding carboxylic acids is 1. The van der Waals surface area contributed by atoms with Crippen LogP contribution >= 0.6 is 15.9 Å². The van der Waals surface area contributed by atoms with E-state index in [1.54, 1.807) is 0 Å². The molecule has 7 nitrogen and oxygen atoms in total. The van der Waals surface area contributed by atoms with E-state index in [1.807, 2.05) is 62.4 Å². The number of likely N-dealkylation sites (tertiary alicyclic amines) is 1. The molecule has 4 rings (SSSR count). The molecule has 2 heterocycles. The monoisotopic (exact) mass is 498 g/mol. The Morgan fingerprint density at radius 3 is 2.88 bits per heavy atom. The first-order valence-electron chi connectivity index (χ1n) is 10.8. The fourth-order valence-electron chi connectivity index (χ4n) is 3.80. The van der Waals surface area contributed by atoms with Crippen LogP contribution in [0.5, 0.6) is 5.75 Å². The number of carbonyl (C=O) groups is 1. The van der Waals surface area contributed by atoms with Gasteiger partial charge in [-0.15, -0.1) is 0 Å². The lowest BCUT2D eigenvalue weighted by atomic mass is 9.97.